The van der Waals surface area contributed by atoms with Crippen molar-refractivity contribution in [2.75, 3.05) is 13.2 Å². The lowest BCUT2D eigenvalue weighted by Crippen LogP contribution is -2.49. The maximum atomic E-state index is 12.6. The molecule has 1 fully saturated rings. The van der Waals surface area contributed by atoms with E-state index in [1.165, 1.54) is 11.1 Å². The predicted octanol–water partition coefficient (Wildman–Crippen LogP) is 4.44. The van der Waals surface area contributed by atoms with Crippen molar-refractivity contribution in [1.29, 1.82) is 0 Å². The SMILES string of the molecule is CCOC(=O)[C@@H]1CC[C@H](C)CN1C(c1ccccc1)c1ccccc1. The molecule has 0 saturated carbocycles. The van der Waals surface area contributed by atoms with Gasteiger partial charge in [-0.05, 0) is 36.8 Å². The van der Waals surface area contributed by atoms with Crippen LogP contribution in [0, 0.1) is 5.92 Å². The smallest absolute Gasteiger partial charge is 0.323 e. The molecule has 3 heteroatoms. The molecule has 132 valence electrons. The number of benzene rings is 2. The molecule has 1 aliphatic rings. The first-order chi connectivity index (χ1) is 12.2. The lowest BCUT2D eigenvalue weighted by Gasteiger charge is -2.42. The summed E-state index contributed by atoms with van der Waals surface area (Å²) in [6.45, 7) is 5.47. The largest absolute Gasteiger partial charge is 0.465 e. The molecular weight excluding hydrogens is 310 g/mol. The van der Waals surface area contributed by atoms with Gasteiger partial charge in [0.2, 0.25) is 0 Å². The molecule has 0 N–H and O–H groups in total. The summed E-state index contributed by atoms with van der Waals surface area (Å²) in [6.07, 6.45) is 1.92. The third-order valence-electron chi connectivity index (χ3n) is 4.98. The highest BCUT2D eigenvalue weighted by atomic mass is 16.5. The molecule has 0 aromatic heterocycles. The molecule has 3 rings (SSSR count). The Hall–Kier alpha value is -2.13. The Balaban J connectivity index is 2.01. The lowest BCUT2D eigenvalue weighted by atomic mass is 9.88. The molecule has 0 aliphatic carbocycles. The van der Waals surface area contributed by atoms with Gasteiger partial charge < -0.3 is 4.74 Å². The van der Waals surface area contributed by atoms with Crippen molar-refractivity contribution < 1.29 is 9.53 Å². The second kappa shape index (κ2) is 8.30. The van der Waals surface area contributed by atoms with Crippen LogP contribution >= 0.6 is 0 Å². The van der Waals surface area contributed by atoms with Crippen molar-refractivity contribution in [2.24, 2.45) is 5.92 Å². The summed E-state index contributed by atoms with van der Waals surface area (Å²) < 4.78 is 5.39. The number of carbonyl (C=O) groups excluding carboxylic acids is 1. The summed E-state index contributed by atoms with van der Waals surface area (Å²) in [7, 11) is 0. The van der Waals surface area contributed by atoms with Crippen molar-refractivity contribution >= 4 is 5.97 Å². The van der Waals surface area contributed by atoms with Crippen LogP contribution in [0.4, 0.5) is 0 Å². The zero-order valence-corrected chi connectivity index (χ0v) is 15.1. The Morgan fingerprint density at radius 2 is 1.60 bits per heavy atom. The second-order valence-electron chi connectivity index (χ2n) is 6.87. The van der Waals surface area contributed by atoms with E-state index in [0.29, 0.717) is 12.5 Å². The van der Waals surface area contributed by atoms with Crippen molar-refractivity contribution in [3.63, 3.8) is 0 Å². The van der Waals surface area contributed by atoms with E-state index >= 15 is 0 Å². The molecule has 0 radical (unpaired) electrons. The van der Waals surface area contributed by atoms with Crippen LogP contribution in [-0.4, -0.2) is 30.1 Å². The summed E-state index contributed by atoms with van der Waals surface area (Å²) in [4.78, 5) is 15.0. The highest BCUT2D eigenvalue weighted by molar-refractivity contribution is 5.76. The topological polar surface area (TPSA) is 29.5 Å². The fraction of sp³-hybridized carbons (Fsp3) is 0.409. The van der Waals surface area contributed by atoms with Gasteiger partial charge >= 0.3 is 5.97 Å². The van der Waals surface area contributed by atoms with E-state index in [2.05, 4.69) is 60.4 Å². The lowest BCUT2D eigenvalue weighted by molar-refractivity contribution is -0.152. The third-order valence-corrected chi connectivity index (χ3v) is 4.98. The van der Waals surface area contributed by atoms with Crippen LogP contribution in [-0.2, 0) is 9.53 Å². The fourth-order valence-corrected chi connectivity index (χ4v) is 3.81. The van der Waals surface area contributed by atoms with Gasteiger partial charge in [0.1, 0.15) is 6.04 Å². The van der Waals surface area contributed by atoms with Gasteiger partial charge in [-0.1, -0.05) is 67.6 Å². The molecule has 2 atom stereocenters. The number of rotatable bonds is 5. The highest BCUT2D eigenvalue weighted by Gasteiger charge is 2.37. The normalized spacial score (nSPS) is 21.2. The van der Waals surface area contributed by atoms with Crippen molar-refractivity contribution in [1.82, 2.24) is 4.90 Å². The molecule has 2 aromatic rings. The van der Waals surface area contributed by atoms with Crippen LogP contribution in [0.1, 0.15) is 43.9 Å². The van der Waals surface area contributed by atoms with E-state index in [4.69, 9.17) is 4.74 Å². The summed E-state index contributed by atoms with van der Waals surface area (Å²) in [5.41, 5.74) is 2.44. The van der Waals surface area contributed by atoms with E-state index in [1.54, 1.807) is 0 Å². The zero-order chi connectivity index (χ0) is 17.6. The fourth-order valence-electron chi connectivity index (χ4n) is 3.81. The molecule has 0 bridgehead atoms. The van der Waals surface area contributed by atoms with Crippen LogP contribution in [0.25, 0.3) is 0 Å². The Labute approximate surface area is 150 Å². The molecule has 0 unspecified atom stereocenters. The standard InChI is InChI=1S/C22H27NO2/c1-3-25-22(24)20-15-14-17(2)16-23(20)21(18-10-6-4-7-11-18)19-12-8-5-9-13-19/h4-13,17,20-21H,3,14-16H2,1-2H3/t17-,20-/m0/s1. The average Bonchev–Trinajstić information content (AvgIpc) is 2.64. The molecular formula is C22H27NO2. The van der Waals surface area contributed by atoms with Gasteiger partial charge in [0, 0.05) is 6.54 Å². The predicted molar refractivity (Wildman–Crippen MR) is 100 cm³/mol. The van der Waals surface area contributed by atoms with E-state index in [1.807, 2.05) is 19.1 Å². The number of hydrogen-bond acceptors (Lipinski definition) is 3. The van der Waals surface area contributed by atoms with Crippen LogP contribution in [0.3, 0.4) is 0 Å². The minimum atomic E-state index is -0.179. The summed E-state index contributed by atoms with van der Waals surface area (Å²) in [5.74, 6) is 0.479. The van der Waals surface area contributed by atoms with Gasteiger partial charge in [0.05, 0.1) is 12.6 Å². The first-order valence-corrected chi connectivity index (χ1v) is 9.23. The van der Waals surface area contributed by atoms with Gasteiger partial charge in [-0.25, -0.2) is 0 Å². The Morgan fingerprint density at radius 1 is 1.04 bits per heavy atom. The molecule has 3 nitrogen and oxygen atoms in total. The third kappa shape index (κ3) is 4.10. The van der Waals surface area contributed by atoms with Gasteiger partial charge in [0.15, 0.2) is 0 Å². The monoisotopic (exact) mass is 337 g/mol. The number of hydrogen-bond donors (Lipinski definition) is 0. The van der Waals surface area contributed by atoms with Crippen LogP contribution < -0.4 is 0 Å². The number of carbonyl (C=O) groups is 1. The summed E-state index contributed by atoms with van der Waals surface area (Å²) >= 11 is 0. The zero-order valence-electron chi connectivity index (χ0n) is 15.1. The van der Waals surface area contributed by atoms with Crippen molar-refractivity contribution in [3.05, 3.63) is 71.8 Å². The van der Waals surface area contributed by atoms with E-state index in [0.717, 1.165) is 19.4 Å². The van der Waals surface area contributed by atoms with Crippen molar-refractivity contribution in [2.45, 2.75) is 38.8 Å². The number of piperidine rings is 1. The minimum Gasteiger partial charge on any atom is -0.465 e. The number of ether oxygens (including phenoxy) is 1. The number of esters is 1. The van der Waals surface area contributed by atoms with Crippen LogP contribution in [0.2, 0.25) is 0 Å². The molecule has 1 heterocycles. The molecule has 1 saturated heterocycles. The minimum absolute atomic E-state index is 0.0690. The molecule has 0 spiro atoms. The quantitative estimate of drug-likeness (QED) is 0.756. The average molecular weight is 337 g/mol. The van der Waals surface area contributed by atoms with Gasteiger partial charge in [0.25, 0.3) is 0 Å². The molecule has 25 heavy (non-hydrogen) atoms. The van der Waals surface area contributed by atoms with Crippen LogP contribution in [0.5, 0.6) is 0 Å². The first kappa shape index (κ1) is 17.7. The Morgan fingerprint density at radius 3 is 2.12 bits per heavy atom. The molecule has 1 aliphatic heterocycles. The van der Waals surface area contributed by atoms with E-state index in [9.17, 15) is 4.79 Å². The second-order valence-corrected chi connectivity index (χ2v) is 6.87. The Bertz CT molecular complexity index is 631. The summed E-state index contributed by atoms with van der Waals surface area (Å²) in [5, 5.41) is 0. The highest BCUT2D eigenvalue weighted by Crippen LogP contribution is 2.35. The van der Waals surface area contributed by atoms with Gasteiger partial charge in [-0.15, -0.1) is 0 Å². The summed E-state index contributed by atoms with van der Waals surface area (Å²) in [6, 6.07) is 20.8. The Kier molecular flexibility index (Phi) is 5.87. The van der Waals surface area contributed by atoms with Gasteiger partial charge in [-0.3, -0.25) is 9.69 Å². The van der Waals surface area contributed by atoms with Gasteiger partial charge in [-0.2, -0.15) is 0 Å². The maximum Gasteiger partial charge on any atom is 0.323 e. The molecule has 2 aromatic carbocycles. The van der Waals surface area contributed by atoms with Crippen molar-refractivity contribution in [3.8, 4) is 0 Å². The van der Waals surface area contributed by atoms with E-state index in [-0.39, 0.29) is 18.1 Å². The maximum absolute atomic E-state index is 12.6. The van der Waals surface area contributed by atoms with E-state index < -0.39 is 0 Å². The number of likely N-dealkylation sites (tertiary alicyclic amines) is 1. The number of nitrogens with zero attached hydrogens (tertiary/aromatic N) is 1. The first-order valence-electron chi connectivity index (χ1n) is 9.23. The van der Waals surface area contributed by atoms with Crippen LogP contribution in [0.15, 0.2) is 60.7 Å². The molecule has 0 amide bonds.